The zero-order valence-electron chi connectivity index (χ0n) is 9.54. The van der Waals surface area contributed by atoms with Gasteiger partial charge in [-0.1, -0.05) is 13.8 Å². The van der Waals surface area contributed by atoms with Crippen LogP contribution in [0.3, 0.4) is 0 Å². The Kier molecular flexibility index (Phi) is 3.35. The van der Waals surface area contributed by atoms with Gasteiger partial charge in [0, 0.05) is 11.6 Å². The number of hydrogen-bond acceptors (Lipinski definition) is 2. The maximum Gasteiger partial charge on any atom is 0.127 e. The first kappa shape index (κ1) is 12.0. The van der Waals surface area contributed by atoms with Crippen LogP contribution in [0.5, 0.6) is 5.75 Å². The third-order valence-electron chi connectivity index (χ3n) is 2.83. The third-order valence-corrected chi connectivity index (χ3v) is 2.83. The van der Waals surface area contributed by atoms with E-state index < -0.39 is 5.60 Å². The summed E-state index contributed by atoms with van der Waals surface area (Å²) in [5.41, 5.74) is -0.402. The molecule has 0 aliphatic heterocycles. The normalized spacial score (nSPS) is 15.1. The van der Waals surface area contributed by atoms with Crippen LogP contribution in [0, 0.1) is 11.7 Å². The van der Waals surface area contributed by atoms with Gasteiger partial charge >= 0.3 is 0 Å². The Balaban J connectivity index is 3.24. The van der Waals surface area contributed by atoms with Crippen molar-refractivity contribution in [1.82, 2.24) is 0 Å². The number of aliphatic hydroxyl groups is 1. The van der Waals surface area contributed by atoms with Crippen LogP contribution in [-0.4, -0.2) is 12.2 Å². The van der Waals surface area contributed by atoms with Gasteiger partial charge in [-0.25, -0.2) is 4.39 Å². The van der Waals surface area contributed by atoms with Gasteiger partial charge in [0.1, 0.15) is 11.6 Å². The van der Waals surface area contributed by atoms with Gasteiger partial charge in [-0.3, -0.25) is 0 Å². The van der Waals surface area contributed by atoms with Gasteiger partial charge < -0.3 is 9.84 Å². The SMILES string of the molecule is COc1cc(F)ccc1C(C)(O)C(C)C. The number of halogens is 1. The highest BCUT2D eigenvalue weighted by Gasteiger charge is 2.30. The summed E-state index contributed by atoms with van der Waals surface area (Å²) in [4.78, 5) is 0. The molecule has 0 radical (unpaired) electrons. The predicted molar refractivity (Wildman–Crippen MR) is 57.4 cm³/mol. The Morgan fingerprint density at radius 2 is 2.00 bits per heavy atom. The Hall–Kier alpha value is -1.09. The van der Waals surface area contributed by atoms with Crippen LogP contribution in [0.2, 0.25) is 0 Å². The first-order valence-corrected chi connectivity index (χ1v) is 4.96. The van der Waals surface area contributed by atoms with Crippen molar-refractivity contribution in [2.75, 3.05) is 7.11 Å². The molecule has 2 nitrogen and oxygen atoms in total. The maximum atomic E-state index is 13.0. The van der Waals surface area contributed by atoms with Crippen molar-refractivity contribution >= 4 is 0 Å². The van der Waals surface area contributed by atoms with Crippen molar-refractivity contribution in [2.45, 2.75) is 26.4 Å². The van der Waals surface area contributed by atoms with Gasteiger partial charge in [0.2, 0.25) is 0 Å². The highest BCUT2D eigenvalue weighted by Crippen LogP contribution is 2.35. The molecule has 0 bridgehead atoms. The summed E-state index contributed by atoms with van der Waals surface area (Å²) in [5.74, 6) is 0.0423. The van der Waals surface area contributed by atoms with E-state index in [9.17, 15) is 9.50 Å². The summed E-state index contributed by atoms with van der Waals surface area (Å²) >= 11 is 0. The van der Waals surface area contributed by atoms with Crippen LogP contribution in [-0.2, 0) is 5.60 Å². The van der Waals surface area contributed by atoms with E-state index in [1.54, 1.807) is 13.0 Å². The van der Waals surface area contributed by atoms with Crippen molar-refractivity contribution in [1.29, 1.82) is 0 Å². The highest BCUT2D eigenvalue weighted by atomic mass is 19.1. The molecule has 0 aliphatic carbocycles. The van der Waals surface area contributed by atoms with Crippen LogP contribution in [0.25, 0.3) is 0 Å². The molecule has 0 spiro atoms. The predicted octanol–water partition coefficient (Wildman–Crippen LogP) is 2.70. The molecule has 1 unspecified atom stereocenters. The lowest BCUT2D eigenvalue weighted by molar-refractivity contribution is 0.00688. The van der Waals surface area contributed by atoms with E-state index in [2.05, 4.69) is 0 Å². The summed E-state index contributed by atoms with van der Waals surface area (Å²) in [6.07, 6.45) is 0. The Bertz CT molecular complexity index is 345. The topological polar surface area (TPSA) is 29.5 Å². The van der Waals surface area contributed by atoms with E-state index in [0.717, 1.165) is 0 Å². The largest absolute Gasteiger partial charge is 0.496 e. The smallest absolute Gasteiger partial charge is 0.127 e. The first-order chi connectivity index (χ1) is 6.89. The van der Waals surface area contributed by atoms with Crippen LogP contribution >= 0.6 is 0 Å². The second-order valence-electron chi connectivity index (χ2n) is 4.15. The van der Waals surface area contributed by atoms with E-state index in [1.165, 1.54) is 19.2 Å². The van der Waals surface area contributed by atoms with Gasteiger partial charge in [0.15, 0.2) is 0 Å². The lowest BCUT2D eigenvalue weighted by Gasteiger charge is -2.29. The fourth-order valence-electron chi connectivity index (χ4n) is 1.39. The van der Waals surface area contributed by atoms with E-state index in [4.69, 9.17) is 4.74 Å². The van der Waals surface area contributed by atoms with E-state index >= 15 is 0 Å². The second-order valence-corrected chi connectivity index (χ2v) is 4.15. The quantitative estimate of drug-likeness (QED) is 0.834. The average Bonchev–Trinajstić information content (AvgIpc) is 2.16. The molecule has 84 valence electrons. The molecule has 1 atom stereocenters. The van der Waals surface area contributed by atoms with Crippen molar-refractivity contribution in [2.24, 2.45) is 5.92 Å². The minimum atomic E-state index is -1.01. The van der Waals surface area contributed by atoms with Crippen LogP contribution in [0.1, 0.15) is 26.3 Å². The van der Waals surface area contributed by atoms with Crippen LogP contribution < -0.4 is 4.74 Å². The van der Waals surface area contributed by atoms with Crippen LogP contribution in [0.15, 0.2) is 18.2 Å². The molecule has 0 saturated heterocycles. The first-order valence-electron chi connectivity index (χ1n) is 4.96. The van der Waals surface area contributed by atoms with Crippen molar-refractivity contribution in [3.05, 3.63) is 29.6 Å². The zero-order chi connectivity index (χ0) is 11.6. The van der Waals surface area contributed by atoms with Gasteiger partial charge in [0.25, 0.3) is 0 Å². The molecule has 0 fully saturated rings. The number of hydrogen-bond donors (Lipinski definition) is 1. The van der Waals surface area contributed by atoms with Crippen LogP contribution in [0.4, 0.5) is 4.39 Å². The summed E-state index contributed by atoms with van der Waals surface area (Å²) in [5, 5.41) is 10.3. The summed E-state index contributed by atoms with van der Waals surface area (Å²) in [7, 11) is 1.47. The van der Waals surface area contributed by atoms with Gasteiger partial charge in [-0.15, -0.1) is 0 Å². The highest BCUT2D eigenvalue weighted by molar-refractivity contribution is 5.38. The van der Waals surface area contributed by atoms with Gasteiger partial charge in [-0.05, 0) is 25.0 Å². The Morgan fingerprint density at radius 3 is 2.47 bits per heavy atom. The monoisotopic (exact) mass is 212 g/mol. The molecule has 1 N–H and O–H groups in total. The minimum Gasteiger partial charge on any atom is -0.496 e. The molecular weight excluding hydrogens is 195 g/mol. The molecule has 1 aromatic rings. The van der Waals surface area contributed by atoms with Gasteiger partial charge in [0.05, 0.1) is 12.7 Å². The molecule has 0 saturated carbocycles. The molecule has 0 aromatic heterocycles. The second kappa shape index (κ2) is 4.19. The molecule has 1 rings (SSSR count). The Morgan fingerprint density at radius 1 is 1.40 bits per heavy atom. The minimum absolute atomic E-state index is 0.0249. The maximum absolute atomic E-state index is 13.0. The molecular formula is C12H17FO2. The van der Waals surface area contributed by atoms with E-state index in [-0.39, 0.29) is 11.7 Å². The number of methoxy groups -OCH3 is 1. The summed E-state index contributed by atoms with van der Waals surface area (Å²) < 4.78 is 18.0. The standard InChI is InChI=1S/C12H17FO2/c1-8(2)12(3,14)10-6-5-9(13)7-11(10)15-4/h5-8,14H,1-4H3. The molecule has 3 heteroatoms. The summed E-state index contributed by atoms with van der Waals surface area (Å²) in [6.45, 7) is 5.51. The number of benzene rings is 1. The lowest BCUT2D eigenvalue weighted by Crippen LogP contribution is -2.28. The van der Waals surface area contributed by atoms with Gasteiger partial charge in [-0.2, -0.15) is 0 Å². The zero-order valence-corrected chi connectivity index (χ0v) is 9.54. The molecule has 1 aromatic carbocycles. The van der Waals surface area contributed by atoms with E-state index in [0.29, 0.717) is 11.3 Å². The number of rotatable bonds is 3. The van der Waals surface area contributed by atoms with Crippen molar-refractivity contribution in [3.8, 4) is 5.75 Å². The van der Waals surface area contributed by atoms with Crippen molar-refractivity contribution < 1.29 is 14.2 Å². The Labute approximate surface area is 89.7 Å². The fourth-order valence-corrected chi connectivity index (χ4v) is 1.39. The molecule has 0 aliphatic rings. The molecule has 0 heterocycles. The average molecular weight is 212 g/mol. The third kappa shape index (κ3) is 2.29. The lowest BCUT2D eigenvalue weighted by atomic mass is 9.85. The van der Waals surface area contributed by atoms with Crippen molar-refractivity contribution in [3.63, 3.8) is 0 Å². The summed E-state index contributed by atoms with van der Waals surface area (Å²) in [6, 6.07) is 4.18. The van der Waals surface area contributed by atoms with E-state index in [1.807, 2.05) is 13.8 Å². The number of ether oxygens (including phenoxy) is 1. The molecule has 0 amide bonds. The fraction of sp³-hybridized carbons (Fsp3) is 0.500. The molecule has 15 heavy (non-hydrogen) atoms.